The fraction of sp³-hybridized carbons (Fsp3) is 0.500. The lowest BCUT2D eigenvalue weighted by Crippen LogP contribution is -2.21. The summed E-state index contributed by atoms with van der Waals surface area (Å²) in [6.07, 6.45) is -14.6. The molecular formula is C12H15F9O12S3. The number of halogens is 9. The van der Waals surface area contributed by atoms with Crippen molar-refractivity contribution < 1.29 is 93.7 Å². The molecule has 1 aromatic rings. The number of rotatable bonds is 3. The lowest BCUT2D eigenvalue weighted by atomic mass is 10.3. The molecule has 0 atom stereocenters. The maximum atomic E-state index is 11.0. The van der Waals surface area contributed by atoms with Gasteiger partial charge in [0.25, 0.3) is 30.4 Å². The number of aromatic hydroxyl groups is 3. The Morgan fingerprint density at radius 2 is 0.778 bits per heavy atom. The molecule has 0 heterocycles. The number of phenolic OH excluding ortho intramolecular Hbond substituents is 3. The zero-order valence-electron chi connectivity index (χ0n) is 16.6. The number of hydrogen-bond donors (Lipinski definition) is 6. The van der Waals surface area contributed by atoms with Gasteiger partial charge in [0.2, 0.25) is 0 Å². The highest BCUT2D eigenvalue weighted by Crippen LogP contribution is 2.27. The van der Waals surface area contributed by atoms with E-state index in [2.05, 4.69) is 0 Å². The Morgan fingerprint density at radius 1 is 0.528 bits per heavy atom. The van der Waals surface area contributed by atoms with Crippen molar-refractivity contribution in [1.29, 1.82) is 0 Å². The Bertz CT molecular complexity index is 1020. The second-order valence-electron chi connectivity index (χ2n) is 5.70. The lowest BCUT2D eigenvalue weighted by Gasteiger charge is -2.00. The van der Waals surface area contributed by atoms with Crippen molar-refractivity contribution in [2.75, 3.05) is 17.3 Å². The van der Waals surface area contributed by atoms with Crippen LogP contribution < -0.4 is 0 Å². The maximum Gasteiger partial charge on any atom is 0.405 e. The van der Waals surface area contributed by atoms with Crippen LogP contribution in [0.25, 0.3) is 0 Å². The van der Waals surface area contributed by atoms with Crippen molar-refractivity contribution in [3.05, 3.63) is 18.2 Å². The molecule has 24 heteroatoms. The number of phenols is 3. The largest absolute Gasteiger partial charge is 0.508 e. The number of alkyl halides is 9. The van der Waals surface area contributed by atoms with E-state index in [1.807, 2.05) is 0 Å². The molecule has 36 heavy (non-hydrogen) atoms. The highest BCUT2D eigenvalue weighted by molar-refractivity contribution is 7.86. The summed E-state index contributed by atoms with van der Waals surface area (Å²) in [4.78, 5) is 0. The quantitative estimate of drug-likeness (QED) is 0.124. The van der Waals surface area contributed by atoms with Crippen molar-refractivity contribution in [2.24, 2.45) is 0 Å². The van der Waals surface area contributed by atoms with E-state index in [1.165, 1.54) is 12.1 Å². The minimum absolute atomic E-state index is 0.0645. The summed E-state index contributed by atoms with van der Waals surface area (Å²) in [6.45, 7) is 0. The van der Waals surface area contributed by atoms with Gasteiger partial charge in [-0.1, -0.05) is 0 Å². The van der Waals surface area contributed by atoms with Gasteiger partial charge in [0.1, 0.15) is 5.75 Å². The van der Waals surface area contributed by atoms with E-state index >= 15 is 0 Å². The van der Waals surface area contributed by atoms with Crippen molar-refractivity contribution >= 4 is 30.4 Å². The van der Waals surface area contributed by atoms with Crippen LogP contribution in [0, 0.1) is 0 Å². The molecule has 0 aliphatic rings. The predicted molar refractivity (Wildman–Crippen MR) is 98.8 cm³/mol. The molecule has 6 N–H and O–H groups in total. The average molecular weight is 618 g/mol. The standard InChI is InChI=1S/C6H6O3.3C2H3F3O3S/c7-4-1-2-5(8)6(9)3-4;3*3-2(4,5)1-9(6,7)8/h1-3,7-9H;3*1H2,(H,6,7,8). The van der Waals surface area contributed by atoms with Gasteiger partial charge in [-0.15, -0.1) is 0 Å². The van der Waals surface area contributed by atoms with E-state index in [1.54, 1.807) is 0 Å². The number of benzene rings is 1. The van der Waals surface area contributed by atoms with Gasteiger partial charge in [-0.2, -0.15) is 64.8 Å². The summed E-state index contributed by atoms with van der Waals surface area (Å²) in [7, 11) is -14.7. The zero-order valence-corrected chi connectivity index (χ0v) is 19.1. The minimum Gasteiger partial charge on any atom is -0.508 e. The monoisotopic (exact) mass is 618 g/mol. The summed E-state index contributed by atoms with van der Waals surface area (Å²) >= 11 is 0. The Kier molecular flexibility index (Phi) is 14.7. The van der Waals surface area contributed by atoms with E-state index in [9.17, 15) is 64.8 Å². The molecule has 0 spiro atoms. The van der Waals surface area contributed by atoms with E-state index in [0.29, 0.717) is 0 Å². The van der Waals surface area contributed by atoms with Crippen LogP contribution in [0.4, 0.5) is 39.5 Å². The molecule has 0 aromatic heterocycles. The first-order valence-corrected chi connectivity index (χ1v) is 12.4. The van der Waals surface area contributed by atoms with Crippen LogP contribution in [0.15, 0.2) is 18.2 Å². The molecule has 0 saturated carbocycles. The summed E-state index contributed by atoms with van der Waals surface area (Å²) in [6, 6.07) is 3.56. The van der Waals surface area contributed by atoms with Gasteiger partial charge in [0.15, 0.2) is 28.8 Å². The molecule has 0 fully saturated rings. The summed E-state index contributed by atoms with van der Waals surface area (Å²) in [5, 5.41) is 26.0. The van der Waals surface area contributed by atoms with Gasteiger partial charge in [-0.3, -0.25) is 13.7 Å². The van der Waals surface area contributed by atoms with E-state index in [-0.39, 0.29) is 17.2 Å². The van der Waals surface area contributed by atoms with Gasteiger partial charge in [-0.25, -0.2) is 0 Å². The zero-order chi connectivity index (χ0) is 30.0. The van der Waals surface area contributed by atoms with Crippen LogP contribution in [0.3, 0.4) is 0 Å². The molecule has 0 radical (unpaired) electrons. The normalized spacial score (nSPS) is 12.7. The first-order valence-electron chi connectivity index (χ1n) is 7.58. The Hall–Kier alpha value is -2.28. The second-order valence-corrected chi connectivity index (χ2v) is 10.1. The van der Waals surface area contributed by atoms with Crippen LogP contribution in [0.2, 0.25) is 0 Å². The number of hydrogen-bond acceptors (Lipinski definition) is 9. The van der Waals surface area contributed by atoms with Crippen molar-refractivity contribution in [3.8, 4) is 17.2 Å². The topological polar surface area (TPSA) is 224 Å². The minimum atomic E-state index is -4.91. The average Bonchev–Trinajstić information content (AvgIpc) is 2.41. The van der Waals surface area contributed by atoms with Crippen LogP contribution in [-0.4, -0.2) is 90.0 Å². The second kappa shape index (κ2) is 13.9. The molecule has 1 aromatic carbocycles. The van der Waals surface area contributed by atoms with Gasteiger partial charge in [-0.05, 0) is 12.1 Å². The van der Waals surface area contributed by atoms with Gasteiger partial charge >= 0.3 is 18.5 Å². The van der Waals surface area contributed by atoms with Crippen LogP contribution >= 0.6 is 0 Å². The summed E-state index contributed by atoms with van der Waals surface area (Å²) < 4.78 is 179. The van der Waals surface area contributed by atoms with Crippen molar-refractivity contribution in [1.82, 2.24) is 0 Å². The molecule has 0 amide bonds. The molecule has 0 aliphatic carbocycles. The molecular weight excluding hydrogens is 603 g/mol. The molecule has 0 bridgehead atoms. The molecule has 0 unspecified atom stereocenters. The van der Waals surface area contributed by atoms with Gasteiger partial charge in [0, 0.05) is 6.07 Å². The first-order chi connectivity index (χ1) is 15.3. The van der Waals surface area contributed by atoms with Crippen LogP contribution in [0.5, 0.6) is 17.2 Å². The third-order valence-electron chi connectivity index (χ3n) is 2.00. The maximum absolute atomic E-state index is 11.0. The third-order valence-corrected chi connectivity index (χ3v) is 4.07. The fourth-order valence-electron chi connectivity index (χ4n) is 1.13. The summed E-state index contributed by atoms with van der Waals surface area (Å²) in [5.41, 5.74) is 0. The Labute approximate surface area is 195 Å². The Balaban J connectivity index is -0.000000403. The van der Waals surface area contributed by atoms with Crippen LogP contribution in [-0.2, 0) is 30.4 Å². The molecule has 12 nitrogen and oxygen atoms in total. The third kappa shape index (κ3) is 36.3. The van der Waals surface area contributed by atoms with E-state index < -0.39 is 66.1 Å². The molecule has 0 saturated heterocycles. The highest BCUT2D eigenvalue weighted by Gasteiger charge is 2.35. The summed E-state index contributed by atoms with van der Waals surface area (Å²) in [5.74, 6) is -7.15. The van der Waals surface area contributed by atoms with Crippen molar-refractivity contribution in [2.45, 2.75) is 18.5 Å². The SMILES string of the molecule is O=S(=O)(O)CC(F)(F)F.O=S(=O)(O)CC(F)(F)F.O=S(=O)(O)CC(F)(F)F.Oc1ccc(O)c(O)c1. The fourth-order valence-corrected chi connectivity index (χ4v) is 2.37. The van der Waals surface area contributed by atoms with Gasteiger partial charge in [0.05, 0.1) is 0 Å². The Morgan fingerprint density at radius 3 is 0.889 bits per heavy atom. The van der Waals surface area contributed by atoms with E-state index in [0.717, 1.165) is 6.07 Å². The van der Waals surface area contributed by atoms with Crippen LogP contribution in [0.1, 0.15) is 0 Å². The first kappa shape index (κ1) is 38.3. The van der Waals surface area contributed by atoms with E-state index in [4.69, 9.17) is 29.0 Å². The molecule has 1 rings (SSSR count). The molecule has 216 valence electrons. The lowest BCUT2D eigenvalue weighted by molar-refractivity contribution is -0.108. The highest BCUT2D eigenvalue weighted by atomic mass is 32.2. The smallest absolute Gasteiger partial charge is 0.405 e. The van der Waals surface area contributed by atoms with Crippen molar-refractivity contribution in [3.63, 3.8) is 0 Å². The van der Waals surface area contributed by atoms with Gasteiger partial charge < -0.3 is 15.3 Å². The molecule has 0 aliphatic heterocycles. The predicted octanol–water partition coefficient (Wildman–Crippen LogP) is 2.11.